The third-order valence-corrected chi connectivity index (χ3v) is 3.44. The van der Waals surface area contributed by atoms with Gasteiger partial charge in [0.2, 0.25) is 0 Å². The first-order chi connectivity index (χ1) is 10.7. The topological polar surface area (TPSA) is 76.9 Å². The average Bonchev–Trinajstić information content (AvgIpc) is 2.75. The first-order valence-electron chi connectivity index (χ1n) is 7.58. The van der Waals surface area contributed by atoms with Gasteiger partial charge in [-0.3, -0.25) is 14.3 Å². The maximum Gasteiger partial charge on any atom is 0.410 e. The number of aromatic nitrogens is 2. The molecule has 8 nitrogen and oxygen atoms in total. The molecule has 8 heteroatoms. The molecule has 0 N–H and O–H groups in total. The number of amides is 2. The lowest BCUT2D eigenvalue weighted by molar-refractivity contribution is -0.0760. The summed E-state index contributed by atoms with van der Waals surface area (Å²) in [7, 11) is 2.95. The van der Waals surface area contributed by atoms with Crippen molar-refractivity contribution in [2.75, 3.05) is 20.7 Å². The fraction of sp³-hybridized carbons (Fsp3) is 0.667. The minimum atomic E-state index is -0.536. The number of fused-ring (bicyclic) bond motifs is 1. The number of aryl methyl sites for hydroxylation is 1. The molecule has 23 heavy (non-hydrogen) atoms. The normalized spacial score (nSPS) is 14.9. The van der Waals surface area contributed by atoms with Gasteiger partial charge in [0.25, 0.3) is 5.91 Å². The van der Waals surface area contributed by atoms with E-state index in [4.69, 9.17) is 9.57 Å². The van der Waals surface area contributed by atoms with E-state index in [1.807, 2.05) is 20.8 Å². The van der Waals surface area contributed by atoms with Gasteiger partial charge in [0.1, 0.15) is 5.60 Å². The molecule has 0 unspecified atom stereocenters. The van der Waals surface area contributed by atoms with Crippen LogP contribution >= 0.6 is 0 Å². The van der Waals surface area contributed by atoms with Crippen molar-refractivity contribution >= 4 is 12.0 Å². The lowest BCUT2D eigenvalue weighted by Gasteiger charge is -2.26. The molecule has 2 amide bonds. The summed E-state index contributed by atoms with van der Waals surface area (Å²) in [6.45, 7) is 7.13. The van der Waals surface area contributed by atoms with Crippen molar-refractivity contribution in [2.45, 2.75) is 45.9 Å². The molecular formula is C15H24N4O4. The minimum Gasteiger partial charge on any atom is -0.444 e. The van der Waals surface area contributed by atoms with Crippen molar-refractivity contribution in [3.05, 3.63) is 17.5 Å². The quantitative estimate of drug-likeness (QED) is 0.773. The van der Waals surface area contributed by atoms with Crippen molar-refractivity contribution in [3.8, 4) is 0 Å². The van der Waals surface area contributed by atoms with Crippen LogP contribution in [-0.2, 0) is 22.7 Å². The van der Waals surface area contributed by atoms with Crippen LogP contribution in [0, 0.1) is 0 Å². The fourth-order valence-corrected chi connectivity index (χ4v) is 2.29. The molecule has 0 saturated heterocycles. The lowest BCUT2D eigenvalue weighted by atomic mass is 10.2. The Balaban J connectivity index is 2.15. The van der Waals surface area contributed by atoms with Gasteiger partial charge in [0.15, 0.2) is 5.69 Å². The Hall–Kier alpha value is -2.09. The Morgan fingerprint density at radius 3 is 2.61 bits per heavy atom. The third-order valence-electron chi connectivity index (χ3n) is 3.44. The summed E-state index contributed by atoms with van der Waals surface area (Å²) >= 11 is 0. The summed E-state index contributed by atoms with van der Waals surface area (Å²) in [4.78, 5) is 30.9. The van der Waals surface area contributed by atoms with Crippen molar-refractivity contribution < 1.29 is 19.2 Å². The third kappa shape index (κ3) is 4.22. The number of carbonyl (C=O) groups excluding carboxylic acids is 2. The van der Waals surface area contributed by atoms with Crippen LogP contribution in [0.5, 0.6) is 0 Å². The Morgan fingerprint density at radius 1 is 1.30 bits per heavy atom. The van der Waals surface area contributed by atoms with Crippen molar-refractivity contribution in [2.24, 2.45) is 0 Å². The molecule has 2 heterocycles. The van der Waals surface area contributed by atoms with Crippen LogP contribution in [0.25, 0.3) is 0 Å². The van der Waals surface area contributed by atoms with Crippen LogP contribution in [0.4, 0.5) is 4.79 Å². The Kier molecular flexibility index (Phi) is 4.93. The standard InChI is InChI=1S/C15H24N4O4/c1-15(2,3)23-14(21)18-7-6-8-19-11(10-18)9-12(16-19)13(20)17(4)22-5/h9H,6-8,10H2,1-5H3. The molecule has 0 aromatic carbocycles. The Bertz CT molecular complexity index is 591. The summed E-state index contributed by atoms with van der Waals surface area (Å²) in [6, 6.07) is 1.69. The second-order valence-corrected chi connectivity index (χ2v) is 6.48. The summed E-state index contributed by atoms with van der Waals surface area (Å²) in [5, 5.41) is 5.43. The molecule has 1 aliphatic rings. The van der Waals surface area contributed by atoms with Crippen LogP contribution in [-0.4, -0.2) is 58.0 Å². The summed E-state index contributed by atoms with van der Waals surface area (Å²) < 4.78 is 7.18. The molecule has 0 bridgehead atoms. The van der Waals surface area contributed by atoms with E-state index in [2.05, 4.69) is 5.10 Å². The summed E-state index contributed by atoms with van der Waals surface area (Å²) in [6.07, 6.45) is 0.399. The zero-order valence-corrected chi connectivity index (χ0v) is 14.3. The molecule has 0 spiro atoms. The van der Waals surface area contributed by atoms with Crippen LogP contribution in [0.15, 0.2) is 6.07 Å². The van der Waals surface area contributed by atoms with Crippen molar-refractivity contribution in [1.82, 2.24) is 19.7 Å². The smallest absolute Gasteiger partial charge is 0.410 e. The van der Waals surface area contributed by atoms with Gasteiger partial charge in [-0.15, -0.1) is 0 Å². The van der Waals surface area contributed by atoms with E-state index >= 15 is 0 Å². The van der Waals surface area contributed by atoms with E-state index in [1.54, 1.807) is 15.6 Å². The number of rotatable bonds is 2. The molecule has 1 aromatic heterocycles. The van der Waals surface area contributed by atoms with E-state index in [9.17, 15) is 9.59 Å². The van der Waals surface area contributed by atoms with Crippen molar-refractivity contribution in [3.63, 3.8) is 0 Å². The number of carbonyl (C=O) groups is 2. The van der Waals surface area contributed by atoms with Crippen LogP contribution in [0.1, 0.15) is 43.4 Å². The van der Waals surface area contributed by atoms with Gasteiger partial charge >= 0.3 is 6.09 Å². The second-order valence-electron chi connectivity index (χ2n) is 6.48. The van der Waals surface area contributed by atoms with Crippen LogP contribution in [0.3, 0.4) is 0 Å². The predicted octanol–water partition coefficient (Wildman–Crippen LogP) is 1.66. The van der Waals surface area contributed by atoms with E-state index in [-0.39, 0.29) is 12.0 Å². The van der Waals surface area contributed by atoms with Gasteiger partial charge in [-0.05, 0) is 33.3 Å². The highest BCUT2D eigenvalue weighted by Gasteiger charge is 2.26. The minimum absolute atomic E-state index is 0.301. The summed E-state index contributed by atoms with van der Waals surface area (Å²) in [5.41, 5.74) is 0.572. The molecule has 128 valence electrons. The van der Waals surface area contributed by atoms with E-state index in [1.165, 1.54) is 14.2 Å². The van der Waals surface area contributed by atoms with Gasteiger partial charge in [0.05, 0.1) is 19.3 Å². The molecule has 2 rings (SSSR count). The second kappa shape index (κ2) is 6.57. The molecule has 1 aliphatic heterocycles. The SMILES string of the molecule is CON(C)C(=O)c1cc2n(n1)CCCN(C(=O)OC(C)(C)C)C2. The van der Waals surface area contributed by atoms with Gasteiger partial charge in [-0.1, -0.05) is 0 Å². The maximum atomic E-state index is 12.3. The monoisotopic (exact) mass is 324 g/mol. The number of hydroxylamine groups is 2. The van der Waals surface area contributed by atoms with Gasteiger partial charge in [-0.2, -0.15) is 5.10 Å². The predicted molar refractivity (Wildman–Crippen MR) is 82.6 cm³/mol. The molecule has 0 atom stereocenters. The van der Waals surface area contributed by atoms with E-state index in [0.29, 0.717) is 25.3 Å². The highest BCUT2D eigenvalue weighted by Crippen LogP contribution is 2.18. The lowest BCUT2D eigenvalue weighted by Crippen LogP contribution is -2.36. The highest BCUT2D eigenvalue weighted by atomic mass is 16.7. The van der Waals surface area contributed by atoms with Gasteiger partial charge in [-0.25, -0.2) is 9.86 Å². The number of ether oxygens (including phenoxy) is 1. The first-order valence-corrected chi connectivity index (χ1v) is 7.58. The average molecular weight is 324 g/mol. The van der Waals surface area contributed by atoms with E-state index < -0.39 is 5.60 Å². The number of hydrogen-bond donors (Lipinski definition) is 0. The van der Waals surface area contributed by atoms with Crippen molar-refractivity contribution in [1.29, 1.82) is 0 Å². The molecule has 1 aromatic rings. The Labute approximate surface area is 135 Å². The molecule has 0 fully saturated rings. The maximum absolute atomic E-state index is 12.3. The summed E-state index contributed by atoms with van der Waals surface area (Å²) in [5.74, 6) is -0.322. The zero-order chi connectivity index (χ0) is 17.2. The van der Waals surface area contributed by atoms with Crippen LogP contribution in [0.2, 0.25) is 0 Å². The largest absolute Gasteiger partial charge is 0.444 e. The van der Waals surface area contributed by atoms with Crippen LogP contribution < -0.4 is 0 Å². The zero-order valence-electron chi connectivity index (χ0n) is 14.3. The first kappa shape index (κ1) is 17.3. The molecule has 0 radical (unpaired) electrons. The van der Waals surface area contributed by atoms with E-state index in [0.717, 1.165) is 17.2 Å². The van der Waals surface area contributed by atoms with Gasteiger partial charge in [0, 0.05) is 20.1 Å². The number of nitrogens with zero attached hydrogens (tertiary/aromatic N) is 4. The highest BCUT2D eigenvalue weighted by molar-refractivity contribution is 5.91. The fourth-order valence-electron chi connectivity index (χ4n) is 2.29. The Morgan fingerprint density at radius 2 is 2.00 bits per heavy atom. The van der Waals surface area contributed by atoms with Gasteiger partial charge < -0.3 is 9.64 Å². The number of hydrogen-bond acceptors (Lipinski definition) is 5. The molecule has 0 aliphatic carbocycles. The molecular weight excluding hydrogens is 300 g/mol. The molecule has 0 saturated carbocycles.